The molecule has 1 aromatic heterocycles. The summed E-state index contributed by atoms with van der Waals surface area (Å²) >= 11 is 3.46. The number of allylic oxidation sites excluding steroid dienone is 1. The number of esters is 1. The van der Waals surface area contributed by atoms with Crippen molar-refractivity contribution in [3.05, 3.63) is 94.7 Å². The molecule has 0 saturated heterocycles. The second-order valence-corrected chi connectivity index (χ2v) is 11.1. The molecule has 0 radical (unpaired) electrons. The first kappa shape index (κ1) is 28.6. The van der Waals surface area contributed by atoms with Gasteiger partial charge in [0.1, 0.15) is 6.61 Å². The fraction of sp³-hybridized carbons (Fsp3) is 0.276. The molecular weight excluding hydrogens is 629 g/mol. The quantitative estimate of drug-likeness (QED) is 0.196. The van der Waals surface area contributed by atoms with Gasteiger partial charge in [-0.15, -0.1) is 0 Å². The fourth-order valence-corrected chi connectivity index (χ4v) is 6.15. The Morgan fingerprint density at radius 3 is 2.59 bits per heavy atom. The maximum Gasteiger partial charge on any atom is 0.338 e. The van der Waals surface area contributed by atoms with Crippen LogP contribution in [0, 0.1) is 3.57 Å². The standard InChI is InChI=1S/C29H30IN3O5S/c1-7-13-38-26-21(30)14-18(15-22(26)36-6)16-23-27(34)33-25(19-9-11-20(12-10-19)32(4)5)24(28(35)37-8-2)17(3)31-29(33)39-23/h7,9-12,14-16,25H,1,8,13H2,2-6H3. The smallest absolute Gasteiger partial charge is 0.338 e. The molecule has 2 heterocycles. The number of rotatable bonds is 9. The van der Waals surface area contributed by atoms with Crippen molar-refractivity contribution < 1.29 is 19.0 Å². The van der Waals surface area contributed by atoms with E-state index in [9.17, 15) is 9.59 Å². The summed E-state index contributed by atoms with van der Waals surface area (Å²) in [6, 6.07) is 10.9. The van der Waals surface area contributed by atoms with Gasteiger partial charge in [0.15, 0.2) is 16.3 Å². The van der Waals surface area contributed by atoms with Gasteiger partial charge in [0.25, 0.3) is 5.56 Å². The van der Waals surface area contributed by atoms with Crippen LogP contribution in [0.5, 0.6) is 11.5 Å². The number of aromatic nitrogens is 1. The number of hydrogen-bond acceptors (Lipinski definition) is 8. The molecule has 0 fully saturated rings. The molecule has 1 aliphatic rings. The summed E-state index contributed by atoms with van der Waals surface area (Å²) in [6.45, 7) is 7.80. The van der Waals surface area contributed by atoms with E-state index in [2.05, 4.69) is 34.2 Å². The predicted octanol–water partition coefficient (Wildman–Crippen LogP) is 4.04. The number of carbonyl (C=O) groups excluding carboxylic acids is 1. The number of fused-ring (bicyclic) bond motifs is 1. The topological polar surface area (TPSA) is 82.4 Å². The molecule has 1 atom stereocenters. The molecule has 0 saturated carbocycles. The van der Waals surface area contributed by atoms with E-state index in [0.717, 1.165) is 20.4 Å². The van der Waals surface area contributed by atoms with Crippen LogP contribution in [0.2, 0.25) is 0 Å². The highest BCUT2D eigenvalue weighted by atomic mass is 127. The lowest BCUT2D eigenvalue weighted by atomic mass is 9.95. The number of carbonyl (C=O) groups is 1. The van der Waals surface area contributed by atoms with Crippen molar-refractivity contribution in [2.75, 3.05) is 39.3 Å². The molecule has 10 heteroatoms. The van der Waals surface area contributed by atoms with Crippen molar-refractivity contribution in [3.8, 4) is 11.5 Å². The Labute approximate surface area is 244 Å². The summed E-state index contributed by atoms with van der Waals surface area (Å²) in [4.78, 5) is 34.2. The number of anilines is 1. The lowest BCUT2D eigenvalue weighted by Gasteiger charge is -2.25. The van der Waals surface area contributed by atoms with E-state index >= 15 is 0 Å². The molecular formula is C29H30IN3O5S. The average Bonchev–Trinajstić information content (AvgIpc) is 3.21. The highest BCUT2D eigenvalue weighted by Gasteiger charge is 2.33. The van der Waals surface area contributed by atoms with Crippen LogP contribution in [-0.2, 0) is 9.53 Å². The third-order valence-corrected chi connectivity index (χ3v) is 7.92. The van der Waals surface area contributed by atoms with E-state index in [4.69, 9.17) is 14.2 Å². The lowest BCUT2D eigenvalue weighted by molar-refractivity contribution is -0.139. The zero-order chi connectivity index (χ0) is 28.3. The molecule has 39 heavy (non-hydrogen) atoms. The maximum absolute atomic E-state index is 13.9. The number of benzene rings is 2. The summed E-state index contributed by atoms with van der Waals surface area (Å²) < 4.78 is 19.6. The number of thiazole rings is 1. The fourth-order valence-electron chi connectivity index (χ4n) is 4.32. The Morgan fingerprint density at radius 2 is 1.97 bits per heavy atom. The summed E-state index contributed by atoms with van der Waals surface area (Å²) in [5, 5.41) is 0. The number of methoxy groups -OCH3 is 1. The molecule has 1 aliphatic heterocycles. The number of nitrogens with zero attached hydrogens (tertiary/aromatic N) is 3. The Bertz CT molecular complexity index is 1620. The highest BCUT2D eigenvalue weighted by Crippen LogP contribution is 2.34. The molecule has 0 spiro atoms. The van der Waals surface area contributed by atoms with E-state index in [1.165, 1.54) is 11.3 Å². The van der Waals surface area contributed by atoms with E-state index in [1.54, 1.807) is 37.7 Å². The molecule has 4 rings (SSSR count). The van der Waals surface area contributed by atoms with Crippen molar-refractivity contribution in [2.45, 2.75) is 19.9 Å². The SMILES string of the molecule is C=CCOc1c(I)cc(C=c2sc3n(c2=O)C(c2ccc(N(C)C)cc2)C(C(=O)OCC)=C(C)N=3)cc1OC. The highest BCUT2D eigenvalue weighted by molar-refractivity contribution is 14.1. The van der Waals surface area contributed by atoms with Gasteiger partial charge in [0.05, 0.1) is 39.1 Å². The van der Waals surface area contributed by atoms with Crippen LogP contribution in [0.3, 0.4) is 0 Å². The van der Waals surface area contributed by atoms with Crippen LogP contribution in [0.4, 0.5) is 5.69 Å². The van der Waals surface area contributed by atoms with Crippen molar-refractivity contribution in [1.82, 2.24) is 4.57 Å². The summed E-state index contributed by atoms with van der Waals surface area (Å²) in [7, 11) is 5.49. The summed E-state index contributed by atoms with van der Waals surface area (Å²) in [5.74, 6) is 0.693. The zero-order valence-corrected chi connectivity index (χ0v) is 25.5. The first-order chi connectivity index (χ1) is 18.7. The summed E-state index contributed by atoms with van der Waals surface area (Å²) in [6.07, 6.45) is 3.47. The molecule has 1 unspecified atom stereocenters. The molecule has 0 bridgehead atoms. The molecule has 0 N–H and O–H groups in total. The third-order valence-electron chi connectivity index (χ3n) is 6.14. The van der Waals surface area contributed by atoms with E-state index in [-0.39, 0.29) is 12.2 Å². The van der Waals surface area contributed by atoms with Gasteiger partial charge >= 0.3 is 5.97 Å². The van der Waals surface area contributed by atoms with Crippen LogP contribution >= 0.6 is 33.9 Å². The van der Waals surface area contributed by atoms with Crippen LogP contribution in [-0.4, -0.2) is 45.0 Å². The Hall–Kier alpha value is -3.38. The Kier molecular flexibility index (Phi) is 8.96. The molecule has 0 aliphatic carbocycles. The predicted molar refractivity (Wildman–Crippen MR) is 163 cm³/mol. The minimum Gasteiger partial charge on any atom is -0.493 e. The average molecular weight is 660 g/mol. The van der Waals surface area contributed by atoms with Crippen molar-refractivity contribution in [2.24, 2.45) is 4.99 Å². The Morgan fingerprint density at radius 1 is 1.26 bits per heavy atom. The molecule has 204 valence electrons. The van der Waals surface area contributed by atoms with Crippen LogP contribution in [0.25, 0.3) is 6.08 Å². The van der Waals surface area contributed by atoms with Crippen LogP contribution < -0.4 is 29.3 Å². The van der Waals surface area contributed by atoms with Gasteiger partial charge in [0, 0.05) is 19.8 Å². The first-order valence-electron chi connectivity index (χ1n) is 12.3. The van der Waals surface area contributed by atoms with E-state index < -0.39 is 12.0 Å². The lowest BCUT2D eigenvalue weighted by Crippen LogP contribution is -2.39. The molecule has 3 aromatic rings. The van der Waals surface area contributed by atoms with Gasteiger partial charge < -0.3 is 19.1 Å². The van der Waals surface area contributed by atoms with Gasteiger partial charge in [-0.1, -0.05) is 36.1 Å². The van der Waals surface area contributed by atoms with Gasteiger partial charge in [-0.25, -0.2) is 9.79 Å². The second-order valence-electron chi connectivity index (χ2n) is 8.92. The number of ether oxygens (including phenoxy) is 3. The van der Waals surface area contributed by atoms with Gasteiger partial charge in [0.2, 0.25) is 0 Å². The summed E-state index contributed by atoms with van der Waals surface area (Å²) in [5.41, 5.74) is 3.23. The van der Waals surface area contributed by atoms with Crippen LogP contribution in [0.1, 0.15) is 31.0 Å². The van der Waals surface area contributed by atoms with Gasteiger partial charge in [-0.2, -0.15) is 0 Å². The van der Waals surface area contributed by atoms with E-state index in [0.29, 0.717) is 38.7 Å². The first-order valence-corrected chi connectivity index (χ1v) is 14.2. The largest absolute Gasteiger partial charge is 0.493 e. The molecule has 0 amide bonds. The van der Waals surface area contributed by atoms with Crippen molar-refractivity contribution in [3.63, 3.8) is 0 Å². The van der Waals surface area contributed by atoms with Crippen LogP contribution in [0.15, 0.2) is 70.1 Å². The third kappa shape index (κ3) is 5.81. The minimum atomic E-state index is -0.664. The zero-order valence-electron chi connectivity index (χ0n) is 22.5. The van der Waals surface area contributed by atoms with Gasteiger partial charge in [-0.3, -0.25) is 9.36 Å². The van der Waals surface area contributed by atoms with Crippen molar-refractivity contribution >= 4 is 51.7 Å². The Balaban J connectivity index is 1.89. The minimum absolute atomic E-state index is 0.222. The number of halogens is 1. The maximum atomic E-state index is 13.9. The monoisotopic (exact) mass is 659 g/mol. The normalized spacial score (nSPS) is 14.9. The number of hydrogen-bond donors (Lipinski definition) is 0. The molecule has 2 aromatic carbocycles. The van der Waals surface area contributed by atoms with Crippen molar-refractivity contribution in [1.29, 1.82) is 0 Å². The second kappa shape index (κ2) is 12.2. The van der Waals surface area contributed by atoms with Gasteiger partial charge in [-0.05, 0) is 77.9 Å². The van der Waals surface area contributed by atoms with E-state index in [1.807, 2.05) is 55.4 Å². The molecule has 8 nitrogen and oxygen atoms in total.